The summed E-state index contributed by atoms with van der Waals surface area (Å²) in [6.45, 7) is 9.15. The highest BCUT2D eigenvalue weighted by molar-refractivity contribution is 5.94. The van der Waals surface area contributed by atoms with Gasteiger partial charge in [0.05, 0.1) is 6.10 Å². The summed E-state index contributed by atoms with van der Waals surface area (Å²) in [4.78, 5) is 12.2. The van der Waals surface area contributed by atoms with Gasteiger partial charge in [-0.05, 0) is 67.7 Å². The van der Waals surface area contributed by atoms with Crippen molar-refractivity contribution in [1.82, 2.24) is 10.6 Å². The molecule has 2 rings (SSSR count). The molecule has 1 aliphatic rings. The van der Waals surface area contributed by atoms with E-state index in [9.17, 15) is 14.3 Å². The smallest absolute Gasteiger partial charge is 0.251 e. The molecule has 1 aliphatic carbocycles. The normalized spacial score (nSPS) is 22.1. The molecule has 5 heteroatoms. The van der Waals surface area contributed by atoms with Gasteiger partial charge in [0.2, 0.25) is 0 Å². The predicted octanol–water partition coefficient (Wildman–Crippen LogP) is 3.42. The molecular formula is C21H33FN2O2. The van der Waals surface area contributed by atoms with E-state index in [0.717, 1.165) is 31.2 Å². The van der Waals surface area contributed by atoms with E-state index in [1.165, 1.54) is 12.1 Å². The molecule has 0 spiro atoms. The second-order valence-electron chi connectivity index (χ2n) is 8.74. The summed E-state index contributed by atoms with van der Waals surface area (Å²) >= 11 is 0. The molecule has 1 aromatic rings. The average molecular weight is 365 g/mol. The zero-order valence-electron chi connectivity index (χ0n) is 16.4. The molecule has 1 fully saturated rings. The lowest BCUT2D eigenvalue weighted by Crippen LogP contribution is -2.43. The zero-order chi connectivity index (χ0) is 19.3. The standard InChI is InChI=1S/C21H33FN2O2/c1-14-9-16(11-17(22)10-14)20(26)24-12-15-5-7-18(8-6-15)23-13-19(25)21(2,3)4/h9-11,15,18-19,23,25H,5-8,12-13H2,1-4H3,(H,24,26). The third kappa shape index (κ3) is 6.36. The highest BCUT2D eigenvalue weighted by atomic mass is 19.1. The van der Waals surface area contributed by atoms with Crippen LogP contribution in [0.15, 0.2) is 18.2 Å². The van der Waals surface area contributed by atoms with Crippen molar-refractivity contribution in [3.05, 3.63) is 35.1 Å². The van der Waals surface area contributed by atoms with E-state index in [1.54, 1.807) is 13.0 Å². The maximum Gasteiger partial charge on any atom is 0.251 e. The summed E-state index contributed by atoms with van der Waals surface area (Å²) in [5, 5.41) is 16.5. The molecule has 1 atom stereocenters. The van der Waals surface area contributed by atoms with E-state index in [-0.39, 0.29) is 23.2 Å². The third-order valence-corrected chi connectivity index (χ3v) is 5.30. The van der Waals surface area contributed by atoms with Gasteiger partial charge in [-0.1, -0.05) is 20.8 Å². The van der Waals surface area contributed by atoms with Gasteiger partial charge in [0, 0.05) is 24.7 Å². The summed E-state index contributed by atoms with van der Waals surface area (Å²) in [6.07, 6.45) is 3.85. The van der Waals surface area contributed by atoms with Crippen LogP contribution >= 0.6 is 0 Å². The van der Waals surface area contributed by atoms with Crippen molar-refractivity contribution in [3.63, 3.8) is 0 Å². The number of aryl methyl sites for hydroxylation is 1. The van der Waals surface area contributed by atoms with E-state index >= 15 is 0 Å². The third-order valence-electron chi connectivity index (χ3n) is 5.30. The fourth-order valence-electron chi connectivity index (χ4n) is 3.36. The largest absolute Gasteiger partial charge is 0.391 e. The molecule has 0 aromatic heterocycles. The van der Waals surface area contributed by atoms with Crippen molar-refractivity contribution >= 4 is 5.91 Å². The van der Waals surface area contributed by atoms with Gasteiger partial charge in [0.1, 0.15) is 5.82 Å². The highest BCUT2D eigenvalue weighted by Gasteiger charge is 2.25. The topological polar surface area (TPSA) is 61.4 Å². The van der Waals surface area contributed by atoms with Gasteiger partial charge in [-0.2, -0.15) is 0 Å². The van der Waals surface area contributed by atoms with Crippen molar-refractivity contribution in [3.8, 4) is 0 Å². The Balaban J connectivity index is 1.71. The molecular weight excluding hydrogens is 331 g/mol. The lowest BCUT2D eigenvalue weighted by atomic mass is 9.85. The Morgan fingerprint density at radius 1 is 1.23 bits per heavy atom. The number of hydrogen-bond acceptors (Lipinski definition) is 3. The minimum Gasteiger partial charge on any atom is -0.391 e. The van der Waals surface area contributed by atoms with Crippen LogP contribution in [0.1, 0.15) is 62.4 Å². The molecule has 0 saturated heterocycles. The van der Waals surface area contributed by atoms with Crippen LogP contribution in [0.2, 0.25) is 0 Å². The number of carbonyl (C=O) groups is 1. The number of halogens is 1. The molecule has 0 heterocycles. The summed E-state index contributed by atoms with van der Waals surface area (Å²) in [5.74, 6) is -0.125. The second kappa shape index (κ2) is 8.96. The van der Waals surface area contributed by atoms with Gasteiger partial charge >= 0.3 is 0 Å². The first-order valence-electron chi connectivity index (χ1n) is 9.62. The zero-order valence-corrected chi connectivity index (χ0v) is 16.4. The Labute approximate surface area is 156 Å². The Morgan fingerprint density at radius 3 is 2.46 bits per heavy atom. The van der Waals surface area contributed by atoms with E-state index in [2.05, 4.69) is 10.6 Å². The molecule has 0 radical (unpaired) electrons. The van der Waals surface area contributed by atoms with Crippen LogP contribution in [-0.4, -0.2) is 36.2 Å². The first-order chi connectivity index (χ1) is 12.1. The molecule has 4 nitrogen and oxygen atoms in total. The maximum absolute atomic E-state index is 13.4. The fraction of sp³-hybridized carbons (Fsp3) is 0.667. The minimum atomic E-state index is -0.376. The lowest BCUT2D eigenvalue weighted by Gasteiger charge is -2.32. The van der Waals surface area contributed by atoms with Gasteiger partial charge in [-0.25, -0.2) is 4.39 Å². The van der Waals surface area contributed by atoms with E-state index < -0.39 is 0 Å². The fourth-order valence-corrected chi connectivity index (χ4v) is 3.36. The molecule has 146 valence electrons. The number of rotatable bonds is 6. The predicted molar refractivity (Wildman–Crippen MR) is 103 cm³/mol. The van der Waals surface area contributed by atoms with Gasteiger partial charge in [-0.3, -0.25) is 4.79 Å². The van der Waals surface area contributed by atoms with Crippen molar-refractivity contribution in [1.29, 1.82) is 0 Å². The molecule has 1 saturated carbocycles. The van der Waals surface area contributed by atoms with Crippen LogP contribution < -0.4 is 10.6 Å². The Kier molecular flexibility index (Phi) is 7.18. The number of benzene rings is 1. The molecule has 26 heavy (non-hydrogen) atoms. The first-order valence-corrected chi connectivity index (χ1v) is 9.62. The summed E-state index contributed by atoms with van der Waals surface area (Å²) < 4.78 is 13.4. The average Bonchev–Trinajstić information content (AvgIpc) is 2.56. The number of amides is 1. The summed E-state index contributed by atoms with van der Waals surface area (Å²) in [6, 6.07) is 4.84. The molecule has 1 aromatic carbocycles. The molecule has 0 aliphatic heterocycles. The monoisotopic (exact) mass is 364 g/mol. The number of aliphatic hydroxyl groups excluding tert-OH is 1. The van der Waals surface area contributed by atoms with Crippen LogP contribution in [-0.2, 0) is 0 Å². The van der Waals surface area contributed by atoms with Gasteiger partial charge in [0.25, 0.3) is 5.91 Å². The summed E-state index contributed by atoms with van der Waals surface area (Å²) in [5.41, 5.74) is 1.03. The quantitative estimate of drug-likeness (QED) is 0.725. The van der Waals surface area contributed by atoms with Crippen LogP contribution in [0.25, 0.3) is 0 Å². The molecule has 0 bridgehead atoms. The van der Waals surface area contributed by atoms with Crippen LogP contribution in [0.4, 0.5) is 4.39 Å². The van der Waals surface area contributed by atoms with Gasteiger partial charge in [0.15, 0.2) is 0 Å². The Hall–Kier alpha value is -1.46. The number of hydrogen-bond donors (Lipinski definition) is 3. The van der Waals surface area contributed by atoms with Crippen LogP contribution in [0.3, 0.4) is 0 Å². The van der Waals surface area contributed by atoms with Gasteiger partial charge in [-0.15, -0.1) is 0 Å². The van der Waals surface area contributed by atoms with Gasteiger partial charge < -0.3 is 15.7 Å². The highest BCUT2D eigenvalue weighted by Crippen LogP contribution is 2.25. The van der Waals surface area contributed by atoms with Crippen molar-refractivity contribution in [2.24, 2.45) is 11.3 Å². The van der Waals surface area contributed by atoms with E-state index in [0.29, 0.717) is 30.6 Å². The number of nitrogens with one attached hydrogen (secondary N) is 2. The first kappa shape index (κ1) is 20.8. The van der Waals surface area contributed by atoms with E-state index in [4.69, 9.17) is 0 Å². The minimum absolute atomic E-state index is 0.107. The Bertz CT molecular complexity index is 584. The number of carbonyl (C=O) groups excluding carboxylic acids is 1. The molecule has 1 amide bonds. The summed E-state index contributed by atoms with van der Waals surface area (Å²) in [7, 11) is 0. The van der Waals surface area contributed by atoms with Crippen molar-refractivity contribution < 1.29 is 14.3 Å². The van der Waals surface area contributed by atoms with E-state index in [1.807, 2.05) is 20.8 Å². The second-order valence-corrected chi connectivity index (χ2v) is 8.74. The lowest BCUT2D eigenvalue weighted by molar-refractivity contribution is 0.0583. The number of aliphatic hydroxyl groups is 1. The molecule has 3 N–H and O–H groups in total. The maximum atomic E-state index is 13.4. The van der Waals surface area contributed by atoms with Crippen molar-refractivity contribution in [2.75, 3.05) is 13.1 Å². The van der Waals surface area contributed by atoms with Crippen molar-refractivity contribution in [2.45, 2.75) is 65.5 Å². The molecule has 1 unspecified atom stereocenters. The Morgan fingerprint density at radius 2 is 1.88 bits per heavy atom. The SMILES string of the molecule is Cc1cc(F)cc(C(=O)NCC2CCC(NCC(O)C(C)(C)C)CC2)c1. The van der Waals surface area contributed by atoms with Crippen LogP contribution in [0.5, 0.6) is 0 Å². The van der Waals surface area contributed by atoms with Crippen LogP contribution in [0, 0.1) is 24.1 Å².